The maximum Gasteiger partial charge on any atom is 0.272 e. The predicted octanol–water partition coefficient (Wildman–Crippen LogP) is 2.87. The van der Waals surface area contributed by atoms with Crippen molar-refractivity contribution in [3.63, 3.8) is 0 Å². The number of hydrogen-bond donors (Lipinski definition) is 1. The minimum absolute atomic E-state index is 0.219. The smallest absolute Gasteiger partial charge is 0.272 e. The van der Waals surface area contributed by atoms with Gasteiger partial charge < -0.3 is 5.32 Å². The van der Waals surface area contributed by atoms with Crippen LogP contribution in [0.5, 0.6) is 0 Å². The maximum atomic E-state index is 10.8. The van der Waals surface area contributed by atoms with E-state index in [0.29, 0.717) is 12.5 Å². The van der Waals surface area contributed by atoms with E-state index in [1.54, 1.807) is 12.1 Å². The molecule has 0 bridgehead atoms. The van der Waals surface area contributed by atoms with E-state index in [1.807, 2.05) is 23.9 Å². The van der Waals surface area contributed by atoms with Gasteiger partial charge in [-0.3, -0.25) is 10.1 Å². The first kappa shape index (κ1) is 15.0. The van der Waals surface area contributed by atoms with Crippen molar-refractivity contribution < 1.29 is 4.92 Å². The van der Waals surface area contributed by atoms with Crippen LogP contribution in [0.2, 0.25) is 0 Å². The van der Waals surface area contributed by atoms with E-state index >= 15 is 0 Å². The van der Waals surface area contributed by atoms with Gasteiger partial charge in [-0.15, -0.1) is 0 Å². The molecule has 0 saturated carbocycles. The lowest BCUT2D eigenvalue weighted by Gasteiger charge is -2.12. The van der Waals surface area contributed by atoms with Gasteiger partial charge in [-0.25, -0.2) is 0 Å². The first-order valence-corrected chi connectivity index (χ1v) is 7.49. The molecule has 1 N–H and O–H groups in total. The van der Waals surface area contributed by atoms with Gasteiger partial charge in [-0.2, -0.15) is 11.8 Å². The number of nitrogens with zero attached hydrogens (tertiary/aromatic N) is 1. The molecule has 1 unspecified atom stereocenters. The average Bonchev–Trinajstić information content (AvgIpc) is 2.36. The van der Waals surface area contributed by atoms with E-state index in [0.717, 1.165) is 24.3 Å². The average molecular weight is 268 g/mol. The molecule has 0 aromatic heterocycles. The molecule has 0 radical (unpaired) electrons. The van der Waals surface area contributed by atoms with Crippen molar-refractivity contribution >= 4 is 17.4 Å². The number of benzene rings is 1. The Morgan fingerprint density at radius 3 is 2.83 bits per heavy atom. The molecule has 0 fully saturated rings. The molecule has 18 heavy (non-hydrogen) atoms. The quantitative estimate of drug-likeness (QED) is 0.582. The van der Waals surface area contributed by atoms with Gasteiger partial charge in [0, 0.05) is 17.7 Å². The molecular weight excluding hydrogens is 248 g/mol. The third-order valence-corrected chi connectivity index (χ3v) is 3.47. The summed E-state index contributed by atoms with van der Waals surface area (Å²) < 4.78 is 0. The Kier molecular flexibility index (Phi) is 6.75. The van der Waals surface area contributed by atoms with Gasteiger partial charge in [0.15, 0.2) is 0 Å². The fourth-order valence-electron chi connectivity index (χ4n) is 1.75. The predicted molar refractivity (Wildman–Crippen MR) is 77.3 cm³/mol. The summed E-state index contributed by atoms with van der Waals surface area (Å²) in [6, 6.07) is 7.40. The largest absolute Gasteiger partial charge is 0.314 e. The van der Waals surface area contributed by atoms with Crippen LogP contribution in [0.4, 0.5) is 5.69 Å². The molecule has 5 heteroatoms. The fraction of sp³-hybridized carbons (Fsp3) is 0.538. The van der Waals surface area contributed by atoms with Crippen LogP contribution in [-0.2, 0) is 6.42 Å². The summed E-state index contributed by atoms with van der Waals surface area (Å²) in [7, 11) is 0. The molecule has 1 rings (SSSR count). The van der Waals surface area contributed by atoms with Crippen LogP contribution in [0.15, 0.2) is 24.3 Å². The fourth-order valence-corrected chi connectivity index (χ4v) is 2.34. The normalized spacial score (nSPS) is 12.3. The number of nitrogens with one attached hydrogen (secondary N) is 1. The molecule has 0 amide bonds. The Labute approximate surface area is 112 Å². The number of para-hydroxylation sites is 1. The molecule has 1 atom stereocenters. The van der Waals surface area contributed by atoms with Gasteiger partial charge in [-0.1, -0.05) is 18.2 Å². The summed E-state index contributed by atoms with van der Waals surface area (Å²) in [5.41, 5.74) is 1.02. The molecule has 100 valence electrons. The summed E-state index contributed by atoms with van der Waals surface area (Å²) >= 11 is 1.84. The van der Waals surface area contributed by atoms with E-state index < -0.39 is 0 Å². The zero-order valence-corrected chi connectivity index (χ0v) is 11.7. The third kappa shape index (κ3) is 5.06. The van der Waals surface area contributed by atoms with Crippen LogP contribution in [0.25, 0.3) is 0 Å². The first-order valence-electron chi connectivity index (χ1n) is 6.09. The molecule has 1 aromatic rings. The third-order valence-electron chi connectivity index (χ3n) is 2.83. The lowest BCUT2D eigenvalue weighted by Crippen LogP contribution is -2.28. The van der Waals surface area contributed by atoms with Crippen molar-refractivity contribution in [1.82, 2.24) is 5.32 Å². The zero-order chi connectivity index (χ0) is 13.4. The van der Waals surface area contributed by atoms with Gasteiger partial charge >= 0.3 is 0 Å². The van der Waals surface area contributed by atoms with E-state index in [2.05, 4.69) is 18.5 Å². The summed E-state index contributed by atoms with van der Waals surface area (Å²) in [6.07, 6.45) is 3.92. The standard InChI is InChI=1S/C13H20N2O2S/c1-11(8-10-18-2)14-9-7-12-5-3-4-6-13(12)15(16)17/h3-6,11,14H,7-10H2,1-2H3. The van der Waals surface area contributed by atoms with Gasteiger partial charge in [0.25, 0.3) is 5.69 Å². The Balaban J connectivity index is 2.41. The highest BCUT2D eigenvalue weighted by atomic mass is 32.2. The molecule has 0 aliphatic rings. The van der Waals surface area contributed by atoms with Gasteiger partial charge in [0.1, 0.15) is 0 Å². The summed E-state index contributed by atoms with van der Waals surface area (Å²) in [5.74, 6) is 1.14. The van der Waals surface area contributed by atoms with Crippen molar-refractivity contribution in [2.45, 2.75) is 25.8 Å². The van der Waals surface area contributed by atoms with Crippen LogP contribution in [0, 0.1) is 10.1 Å². The second-order valence-electron chi connectivity index (χ2n) is 4.27. The first-order chi connectivity index (χ1) is 8.65. The Hall–Kier alpha value is -1.07. The van der Waals surface area contributed by atoms with Gasteiger partial charge in [0.2, 0.25) is 0 Å². The van der Waals surface area contributed by atoms with Crippen molar-refractivity contribution in [2.24, 2.45) is 0 Å². The number of thioether (sulfide) groups is 1. The van der Waals surface area contributed by atoms with Gasteiger partial charge in [0.05, 0.1) is 4.92 Å². The lowest BCUT2D eigenvalue weighted by molar-refractivity contribution is -0.385. The molecule has 1 aromatic carbocycles. The van der Waals surface area contributed by atoms with Crippen LogP contribution in [0.3, 0.4) is 0 Å². The lowest BCUT2D eigenvalue weighted by atomic mass is 10.1. The Morgan fingerprint density at radius 2 is 2.17 bits per heavy atom. The van der Waals surface area contributed by atoms with Crippen LogP contribution in [0.1, 0.15) is 18.9 Å². The minimum atomic E-state index is -0.313. The van der Waals surface area contributed by atoms with Crippen molar-refractivity contribution in [2.75, 3.05) is 18.6 Å². The second-order valence-corrected chi connectivity index (χ2v) is 5.26. The van der Waals surface area contributed by atoms with Gasteiger partial charge in [-0.05, 0) is 38.3 Å². The SMILES string of the molecule is CSCCC(C)NCCc1ccccc1[N+](=O)[O-]. The van der Waals surface area contributed by atoms with E-state index in [4.69, 9.17) is 0 Å². The molecule has 0 heterocycles. The van der Waals surface area contributed by atoms with Crippen molar-refractivity contribution in [3.8, 4) is 0 Å². The van der Waals surface area contributed by atoms with Crippen LogP contribution in [-0.4, -0.2) is 29.5 Å². The molecule has 0 saturated heterocycles. The molecule has 0 spiro atoms. The van der Waals surface area contributed by atoms with E-state index in [1.165, 1.54) is 0 Å². The number of hydrogen-bond acceptors (Lipinski definition) is 4. The highest BCUT2D eigenvalue weighted by molar-refractivity contribution is 7.98. The second kappa shape index (κ2) is 8.11. The highest BCUT2D eigenvalue weighted by Crippen LogP contribution is 2.17. The molecular formula is C13H20N2O2S. The minimum Gasteiger partial charge on any atom is -0.314 e. The van der Waals surface area contributed by atoms with Crippen LogP contribution >= 0.6 is 11.8 Å². The number of nitro groups is 1. The van der Waals surface area contributed by atoms with Crippen molar-refractivity contribution in [1.29, 1.82) is 0 Å². The molecule has 0 aliphatic carbocycles. The molecule has 4 nitrogen and oxygen atoms in total. The monoisotopic (exact) mass is 268 g/mol. The zero-order valence-electron chi connectivity index (χ0n) is 10.9. The maximum absolute atomic E-state index is 10.8. The highest BCUT2D eigenvalue weighted by Gasteiger charge is 2.11. The van der Waals surface area contributed by atoms with Crippen LogP contribution < -0.4 is 5.32 Å². The summed E-state index contributed by atoms with van der Waals surface area (Å²) in [6.45, 7) is 2.93. The summed E-state index contributed by atoms with van der Waals surface area (Å²) in [5, 5.41) is 14.2. The Morgan fingerprint density at radius 1 is 1.44 bits per heavy atom. The molecule has 0 aliphatic heterocycles. The van der Waals surface area contributed by atoms with E-state index in [-0.39, 0.29) is 10.6 Å². The van der Waals surface area contributed by atoms with Crippen molar-refractivity contribution in [3.05, 3.63) is 39.9 Å². The van der Waals surface area contributed by atoms with E-state index in [9.17, 15) is 10.1 Å². The number of rotatable bonds is 8. The number of nitro benzene ring substituents is 1. The Bertz CT molecular complexity index is 385. The topological polar surface area (TPSA) is 55.2 Å². The summed E-state index contributed by atoms with van der Waals surface area (Å²) in [4.78, 5) is 10.5.